The molecular weight excluding hydrogens is 166 g/mol. The van der Waals surface area contributed by atoms with Crippen LogP contribution in [0.25, 0.3) is 0 Å². The Hall–Kier alpha value is -0.960. The number of nitrogens with one attached hydrogen (secondary N) is 1. The topological polar surface area (TPSA) is 30.5 Å². The Balaban J connectivity index is 2.44. The molecule has 0 aromatic carbocycles. The normalized spacial score (nSPS) is 20.8. The van der Waals surface area contributed by atoms with Gasteiger partial charge in [-0.3, -0.25) is 0 Å². The zero-order valence-corrected chi connectivity index (χ0v) is 8.25. The van der Waals surface area contributed by atoms with E-state index in [2.05, 4.69) is 12.2 Å². The van der Waals surface area contributed by atoms with Crippen molar-refractivity contribution in [1.82, 2.24) is 5.32 Å². The van der Waals surface area contributed by atoms with Crippen LogP contribution in [0.3, 0.4) is 0 Å². The predicted octanol–water partition coefficient (Wildman–Crippen LogP) is 1.78. The summed E-state index contributed by atoms with van der Waals surface area (Å²) in [6, 6.07) is 0. The maximum absolute atomic E-state index is 5.52. The molecule has 0 fully saturated rings. The van der Waals surface area contributed by atoms with Crippen molar-refractivity contribution in [3.63, 3.8) is 0 Å². The summed E-state index contributed by atoms with van der Waals surface area (Å²) < 4.78 is 11.0. The summed E-state index contributed by atoms with van der Waals surface area (Å²) in [4.78, 5) is 0. The first-order chi connectivity index (χ1) is 6.38. The molecule has 0 aromatic heterocycles. The van der Waals surface area contributed by atoms with Gasteiger partial charge in [0.1, 0.15) is 5.76 Å². The fourth-order valence-electron chi connectivity index (χ4n) is 1.10. The largest absolute Gasteiger partial charge is 0.493 e. The van der Waals surface area contributed by atoms with Gasteiger partial charge in [0.15, 0.2) is 6.23 Å². The molecule has 0 aromatic rings. The molecule has 74 valence electrons. The van der Waals surface area contributed by atoms with Crippen LogP contribution in [0.1, 0.15) is 20.3 Å². The quantitative estimate of drug-likeness (QED) is 0.704. The summed E-state index contributed by atoms with van der Waals surface area (Å²) >= 11 is 0. The molecule has 1 N–H and O–H groups in total. The van der Waals surface area contributed by atoms with Crippen molar-refractivity contribution < 1.29 is 9.47 Å². The molecule has 1 heterocycles. The molecule has 1 aliphatic rings. The van der Waals surface area contributed by atoms with Crippen LogP contribution >= 0.6 is 0 Å². The first-order valence-electron chi connectivity index (χ1n) is 4.75. The maximum atomic E-state index is 5.52. The van der Waals surface area contributed by atoms with E-state index in [1.807, 2.05) is 25.3 Å². The molecule has 1 unspecified atom stereocenters. The van der Waals surface area contributed by atoms with Crippen LogP contribution in [-0.2, 0) is 9.47 Å². The van der Waals surface area contributed by atoms with Gasteiger partial charge in [-0.2, -0.15) is 0 Å². The van der Waals surface area contributed by atoms with Crippen molar-refractivity contribution in [2.45, 2.75) is 26.5 Å². The molecule has 0 amide bonds. The first-order valence-corrected chi connectivity index (χ1v) is 4.75. The summed E-state index contributed by atoms with van der Waals surface area (Å²) in [7, 11) is 0. The average Bonchev–Trinajstić information content (AvgIpc) is 2.17. The number of dihydropyridines is 1. The van der Waals surface area contributed by atoms with Crippen molar-refractivity contribution in [2.24, 2.45) is 0 Å². The van der Waals surface area contributed by atoms with Crippen LogP contribution in [0.5, 0.6) is 0 Å². The number of allylic oxidation sites excluding steroid dienone is 2. The highest BCUT2D eigenvalue weighted by molar-refractivity contribution is 5.15. The van der Waals surface area contributed by atoms with Gasteiger partial charge in [0.05, 0.1) is 6.61 Å². The molecule has 0 aliphatic carbocycles. The molecule has 3 heteroatoms. The van der Waals surface area contributed by atoms with E-state index in [-0.39, 0.29) is 6.23 Å². The average molecular weight is 183 g/mol. The van der Waals surface area contributed by atoms with Crippen LogP contribution < -0.4 is 5.32 Å². The Bertz CT molecular complexity index is 199. The third kappa shape index (κ3) is 3.11. The molecule has 0 spiro atoms. The van der Waals surface area contributed by atoms with Gasteiger partial charge in [-0.1, -0.05) is 6.92 Å². The Kier molecular flexibility index (Phi) is 4.40. The number of rotatable bonds is 5. The van der Waals surface area contributed by atoms with E-state index in [9.17, 15) is 0 Å². The van der Waals surface area contributed by atoms with Crippen LogP contribution in [0.4, 0.5) is 0 Å². The van der Waals surface area contributed by atoms with Gasteiger partial charge < -0.3 is 14.8 Å². The second-order valence-electron chi connectivity index (χ2n) is 2.78. The minimum Gasteiger partial charge on any atom is -0.493 e. The predicted molar refractivity (Wildman–Crippen MR) is 52.0 cm³/mol. The standard InChI is InChI=1S/C10H17NO2/c1-3-8-13-9-6-5-7-11-10(9)12-4-2/h5-7,10-11H,3-4,8H2,1-2H3. The minimum absolute atomic E-state index is 0.110. The number of ether oxygens (including phenoxy) is 2. The minimum atomic E-state index is -0.110. The Labute approximate surface area is 79.4 Å². The van der Waals surface area contributed by atoms with E-state index in [1.165, 1.54) is 0 Å². The van der Waals surface area contributed by atoms with Crippen molar-refractivity contribution in [3.05, 3.63) is 24.1 Å². The molecule has 0 bridgehead atoms. The third-order valence-corrected chi connectivity index (χ3v) is 1.67. The lowest BCUT2D eigenvalue weighted by atomic mass is 10.3. The summed E-state index contributed by atoms with van der Waals surface area (Å²) in [5, 5.41) is 3.08. The van der Waals surface area contributed by atoms with Crippen LogP contribution in [0.15, 0.2) is 24.1 Å². The van der Waals surface area contributed by atoms with Crippen LogP contribution in [0.2, 0.25) is 0 Å². The van der Waals surface area contributed by atoms with Gasteiger partial charge in [-0.15, -0.1) is 0 Å². The van der Waals surface area contributed by atoms with Crippen molar-refractivity contribution in [3.8, 4) is 0 Å². The number of hydrogen-bond donors (Lipinski definition) is 1. The fraction of sp³-hybridized carbons (Fsp3) is 0.600. The summed E-state index contributed by atoms with van der Waals surface area (Å²) in [6.07, 6.45) is 6.62. The molecule has 13 heavy (non-hydrogen) atoms. The monoisotopic (exact) mass is 183 g/mol. The van der Waals surface area contributed by atoms with Gasteiger partial charge >= 0.3 is 0 Å². The molecule has 0 radical (unpaired) electrons. The van der Waals surface area contributed by atoms with E-state index >= 15 is 0 Å². The third-order valence-electron chi connectivity index (χ3n) is 1.67. The summed E-state index contributed by atoms with van der Waals surface area (Å²) in [5.74, 6) is 0.867. The van der Waals surface area contributed by atoms with Gasteiger partial charge in [0, 0.05) is 6.61 Å². The Morgan fingerprint density at radius 2 is 2.31 bits per heavy atom. The summed E-state index contributed by atoms with van der Waals surface area (Å²) in [6.45, 7) is 5.48. The highest BCUT2D eigenvalue weighted by Crippen LogP contribution is 2.10. The molecule has 0 saturated heterocycles. The highest BCUT2D eigenvalue weighted by Gasteiger charge is 2.15. The van der Waals surface area contributed by atoms with E-state index in [1.54, 1.807) is 0 Å². The molecular formula is C10H17NO2. The van der Waals surface area contributed by atoms with E-state index in [0.717, 1.165) is 18.8 Å². The summed E-state index contributed by atoms with van der Waals surface area (Å²) in [5.41, 5.74) is 0. The Morgan fingerprint density at radius 1 is 1.46 bits per heavy atom. The van der Waals surface area contributed by atoms with E-state index < -0.39 is 0 Å². The van der Waals surface area contributed by atoms with Crippen molar-refractivity contribution in [1.29, 1.82) is 0 Å². The lowest BCUT2D eigenvalue weighted by Gasteiger charge is -2.22. The van der Waals surface area contributed by atoms with Gasteiger partial charge in [0.2, 0.25) is 0 Å². The maximum Gasteiger partial charge on any atom is 0.185 e. The van der Waals surface area contributed by atoms with E-state index in [0.29, 0.717) is 6.61 Å². The molecule has 0 saturated carbocycles. The lowest BCUT2D eigenvalue weighted by molar-refractivity contribution is 0.0227. The highest BCUT2D eigenvalue weighted by atomic mass is 16.5. The zero-order chi connectivity index (χ0) is 9.52. The van der Waals surface area contributed by atoms with Crippen LogP contribution in [0, 0.1) is 0 Å². The smallest absolute Gasteiger partial charge is 0.185 e. The van der Waals surface area contributed by atoms with E-state index in [4.69, 9.17) is 9.47 Å². The fourth-order valence-corrected chi connectivity index (χ4v) is 1.10. The van der Waals surface area contributed by atoms with Crippen molar-refractivity contribution >= 4 is 0 Å². The Morgan fingerprint density at radius 3 is 3.00 bits per heavy atom. The lowest BCUT2D eigenvalue weighted by Crippen LogP contribution is -2.32. The number of hydrogen-bond acceptors (Lipinski definition) is 3. The van der Waals surface area contributed by atoms with Gasteiger partial charge in [-0.05, 0) is 31.7 Å². The van der Waals surface area contributed by atoms with Gasteiger partial charge in [-0.25, -0.2) is 0 Å². The molecule has 3 nitrogen and oxygen atoms in total. The SMILES string of the molecule is CCCOC1=CC=CNC1OCC. The second-order valence-corrected chi connectivity index (χ2v) is 2.78. The van der Waals surface area contributed by atoms with Crippen LogP contribution in [-0.4, -0.2) is 19.4 Å². The molecule has 1 atom stereocenters. The first kappa shape index (κ1) is 10.1. The zero-order valence-electron chi connectivity index (χ0n) is 8.25. The van der Waals surface area contributed by atoms with Gasteiger partial charge in [0.25, 0.3) is 0 Å². The molecule has 1 aliphatic heterocycles. The van der Waals surface area contributed by atoms with Crippen molar-refractivity contribution in [2.75, 3.05) is 13.2 Å². The molecule has 1 rings (SSSR count). The second kappa shape index (κ2) is 5.65.